The number of nitrogens with zero attached hydrogens (tertiary/aromatic N) is 3. The van der Waals surface area contributed by atoms with Crippen LogP contribution in [-0.2, 0) is 11.3 Å². The second kappa shape index (κ2) is 4.57. The first-order chi connectivity index (χ1) is 8.81. The van der Waals surface area contributed by atoms with Crippen molar-refractivity contribution in [3.8, 4) is 5.75 Å². The Morgan fingerprint density at radius 2 is 2.44 bits per heavy atom. The molecule has 0 fully saturated rings. The average Bonchev–Trinajstić information content (AvgIpc) is 2.89. The molecule has 0 unspecified atom stereocenters. The number of aromatic nitrogens is 3. The topological polar surface area (TPSA) is 89.0 Å². The van der Waals surface area contributed by atoms with Gasteiger partial charge in [0.05, 0.1) is 5.69 Å². The number of hydrogen-bond acceptors (Lipinski definition) is 7. The Hall–Kier alpha value is -2.22. The van der Waals surface area contributed by atoms with Crippen LogP contribution in [0.2, 0.25) is 0 Å². The summed E-state index contributed by atoms with van der Waals surface area (Å²) in [4.78, 5) is 11.2. The smallest absolute Gasteiger partial charge is 0.262 e. The highest BCUT2D eigenvalue weighted by molar-refractivity contribution is 7.09. The zero-order valence-electron chi connectivity index (χ0n) is 9.21. The Balaban J connectivity index is 1.73. The summed E-state index contributed by atoms with van der Waals surface area (Å²) in [7, 11) is 0. The van der Waals surface area contributed by atoms with Gasteiger partial charge in [-0.1, -0.05) is 15.7 Å². The fourth-order valence-corrected chi connectivity index (χ4v) is 1.98. The fraction of sp³-hybridized carbons (Fsp3) is 0.200. The number of nitrogens with one attached hydrogen (secondary N) is 2. The van der Waals surface area contributed by atoms with Gasteiger partial charge in [0.15, 0.2) is 6.61 Å². The first-order valence-corrected chi connectivity index (χ1v) is 6.03. The van der Waals surface area contributed by atoms with Crippen LogP contribution in [0.4, 0.5) is 10.8 Å². The Bertz CT molecular complexity index is 572. The summed E-state index contributed by atoms with van der Waals surface area (Å²) < 4.78 is 8.93. The summed E-state index contributed by atoms with van der Waals surface area (Å²) in [6.45, 7) is 0.654. The van der Waals surface area contributed by atoms with Gasteiger partial charge in [0.2, 0.25) is 5.13 Å². The molecule has 0 aliphatic carbocycles. The number of hydrogen-bond donors (Lipinski definition) is 2. The van der Waals surface area contributed by atoms with Crippen molar-refractivity contribution in [1.29, 1.82) is 0 Å². The summed E-state index contributed by atoms with van der Waals surface area (Å²) in [5.41, 5.74) is 1.70. The molecule has 18 heavy (non-hydrogen) atoms. The lowest BCUT2D eigenvalue weighted by molar-refractivity contribution is -0.118. The maximum atomic E-state index is 11.2. The first-order valence-electron chi connectivity index (χ1n) is 5.26. The summed E-state index contributed by atoms with van der Waals surface area (Å²) >= 11 is 1.19. The molecular formula is C10H9N5O2S. The Kier molecular flexibility index (Phi) is 2.77. The molecule has 0 saturated carbocycles. The van der Waals surface area contributed by atoms with Crippen molar-refractivity contribution >= 4 is 28.3 Å². The van der Waals surface area contributed by atoms with Crippen LogP contribution in [-0.4, -0.2) is 27.3 Å². The molecule has 0 saturated heterocycles. The summed E-state index contributed by atoms with van der Waals surface area (Å²) in [5, 5.41) is 13.8. The van der Waals surface area contributed by atoms with Crippen molar-refractivity contribution in [3.05, 3.63) is 23.8 Å². The van der Waals surface area contributed by atoms with E-state index in [-0.39, 0.29) is 12.5 Å². The Morgan fingerprint density at radius 1 is 1.50 bits per heavy atom. The van der Waals surface area contributed by atoms with E-state index in [1.165, 1.54) is 11.5 Å². The van der Waals surface area contributed by atoms with E-state index in [0.717, 1.165) is 5.56 Å². The van der Waals surface area contributed by atoms with E-state index in [4.69, 9.17) is 4.74 Å². The van der Waals surface area contributed by atoms with Crippen molar-refractivity contribution in [2.24, 2.45) is 0 Å². The van der Waals surface area contributed by atoms with Crippen LogP contribution >= 0.6 is 11.5 Å². The summed E-state index contributed by atoms with van der Waals surface area (Å²) in [5.74, 6) is 0.553. The molecule has 0 atom stereocenters. The molecule has 0 spiro atoms. The van der Waals surface area contributed by atoms with Crippen molar-refractivity contribution < 1.29 is 9.53 Å². The Labute approximate surface area is 106 Å². The lowest BCUT2D eigenvalue weighted by atomic mass is 10.1. The van der Waals surface area contributed by atoms with Gasteiger partial charge in [-0.3, -0.25) is 4.79 Å². The SMILES string of the molecule is O=C1COc2ccc(CNc3nnns3)cc2N1. The van der Waals surface area contributed by atoms with Gasteiger partial charge in [0.1, 0.15) is 5.75 Å². The minimum atomic E-state index is -0.138. The quantitative estimate of drug-likeness (QED) is 0.854. The first kappa shape index (κ1) is 10.9. The minimum absolute atomic E-state index is 0.0705. The molecule has 2 aromatic rings. The molecule has 1 aliphatic rings. The molecule has 1 aromatic heterocycles. The van der Waals surface area contributed by atoms with Gasteiger partial charge in [0, 0.05) is 18.1 Å². The molecular weight excluding hydrogens is 254 g/mol. The van der Waals surface area contributed by atoms with E-state index in [1.807, 2.05) is 18.2 Å². The molecule has 8 heteroatoms. The predicted octanol–water partition coefficient (Wildman–Crippen LogP) is 0.876. The molecule has 3 rings (SSSR count). The molecule has 1 aliphatic heterocycles. The number of fused-ring (bicyclic) bond motifs is 1. The molecule has 1 amide bonds. The van der Waals surface area contributed by atoms with Gasteiger partial charge in [-0.25, -0.2) is 0 Å². The molecule has 1 aromatic carbocycles. The van der Waals surface area contributed by atoms with Crippen LogP contribution < -0.4 is 15.4 Å². The van der Waals surface area contributed by atoms with E-state index < -0.39 is 0 Å². The van der Waals surface area contributed by atoms with E-state index in [1.54, 1.807) is 0 Å². The van der Waals surface area contributed by atoms with Crippen LogP contribution in [0.25, 0.3) is 0 Å². The maximum absolute atomic E-state index is 11.2. The monoisotopic (exact) mass is 263 g/mol. The Morgan fingerprint density at radius 3 is 3.28 bits per heavy atom. The van der Waals surface area contributed by atoms with Gasteiger partial charge >= 0.3 is 0 Å². The number of carbonyl (C=O) groups is 1. The molecule has 2 heterocycles. The lowest BCUT2D eigenvalue weighted by Crippen LogP contribution is -2.25. The number of rotatable bonds is 3. The third-order valence-corrected chi connectivity index (χ3v) is 2.97. The van der Waals surface area contributed by atoms with E-state index >= 15 is 0 Å². The highest BCUT2D eigenvalue weighted by atomic mass is 32.1. The maximum Gasteiger partial charge on any atom is 0.262 e. The standard InChI is InChI=1S/C10H9N5O2S/c16-9-5-17-8-2-1-6(3-7(8)12-9)4-11-10-13-14-15-18-10/h1-3H,4-5H2,(H,12,16)(H,11,13,15). The average molecular weight is 263 g/mol. The van der Waals surface area contributed by atoms with Crippen molar-refractivity contribution in [3.63, 3.8) is 0 Å². The summed E-state index contributed by atoms with van der Waals surface area (Å²) in [6, 6.07) is 5.63. The van der Waals surface area contributed by atoms with Gasteiger partial charge in [-0.2, -0.15) is 0 Å². The number of benzene rings is 1. The van der Waals surface area contributed by atoms with Gasteiger partial charge in [0.25, 0.3) is 5.91 Å². The zero-order chi connectivity index (χ0) is 12.4. The largest absolute Gasteiger partial charge is 0.482 e. The van der Waals surface area contributed by atoms with Crippen LogP contribution in [0.3, 0.4) is 0 Å². The molecule has 2 N–H and O–H groups in total. The lowest BCUT2D eigenvalue weighted by Gasteiger charge is -2.18. The normalized spacial score (nSPS) is 13.4. The van der Waals surface area contributed by atoms with Gasteiger partial charge in [-0.05, 0) is 22.9 Å². The van der Waals surface area contributed by atoms with Crippen LogP contribution in [0.5, 0.6) is 5.75 Å². The van der Waals surface area contributed by atoms with Crippen molar-refractivity contribution in [1.82, 2.24) is 14.8 Å². The van der Waals surface area contributed by atoms with E-state index in [9.17, 15) is 4.79 Å². The molecule has 92 valence electrons. The second-order valence-electron chi connectivity index (χ2n) is 3.69. The van der Waals surface area contributed by atoms with E-state index in [2.05, 4.69) is 25.4 Å². The molecule has 0 radical (unpaired) electrons. The van der Waals surface area contributed by atoms with Crippen molar-refractivity contribution in [2.45, 2.75) is 6.54 Å². The fourth-order valence-electron chi connectivity index (χ4n) is 1.62. The zero-order valence-corrected chi connectivity index (χ0v) is 10.0. The van der Waals surface area contributed by atoms with Crippen LogP contribution in [0.15, 0.2) is 18.2 Å². The second-order valence-corrected chi connectivity index (χ2v) is 4.42. The summed E-state index contributed by atoms with van der Waals surface area (Å²) in [6.07, 6.45) is 0. The number of ether oxygens (including phenoxy) is 1. The van der Waals surface area contributed by atoms with Crippen LogP contribution in [0.1, 0.15) is 5.56 Å². The number of anilines is 2. The van der Waals surface area contributed by atoms with E-state index in [0.29, 0.717) is 23.1 Å². The van der Waals surface area contributed by atoms with Gasteiger partial charge in [-0.15, -0.1) is 0 Å². The highest BCUT2D eigenvalue weighted by Crippen LogP contribution is 2.28. The number of carbonyl (C=O) groups excluding carboxylic acids is 1. The van der Waals surface area contributed by atoms with Crippen molar-refractivity contribution in [2.75, 3.05) is 17.2 Å². The van der Waals surface area contributed by atoms with Gasteiger partial charge < -0.3 is 15.4 Å². The number of amides is 1. The third kappa shape index (κ3) is 2.23. The molecule has 7 nitrogen and oxygen atoms in total. The third-order valence-electron chi connectivity index (χ3n) is 2.42. The highest BCUT2D eigenvalue weighted by Gasteiger charge is 2.15. The molecule has 0 bridgehead atoms. The predicted molar refractivity (Wildman–Crippen MR) is 65.6 cm³/mol. The van der Waals surface area contributed by atoms with Crippen LogP contribution in [0, 0.1) is 0 Å². The minimum Gasteiger partial charge on any atom is -0.482 e.